The predicted octanol–water partition coefficient (Wildman–Crippen LogP) is 4.63. The van der Waals surface area contributed by atoms with E-state index in [2.05, 4.69) is 46.7 Å². The van der Waals surface area contributed by atoms with Crippen molar-refractivity contribution in [3.63, 3.8) is 0 Å². The molecule has 1 N–H and O–H groups in total. The van der Waals surface area contributed by atoms with Crippen LogP contribution in [0.25, 0.3) is 22.4 Å². The average molecular weight is 499 g/mol. The summed E-state index contributed by atoms with van der Waals surface area (Å²) in [5.74, 6) is 6.71. The number of anilines is 1. The number of aromatic amines is 1. The third-order valence-corrected chi connectivity index (χ3v) is 5.72. The van der Waals surface area contributed by atoms with Crippen LogP contribution < -0.4 is 9.64 Å². The Morgan fingerprint density at radius 3 is 2.65 bits per heavy atom. The number of nitrogens with zero attached hydrogens (tertiary/aromatic N) is 6. The standard InChI is InChI=1S/C26H16F3N7O/c27-26(28,29)37-21-5-3-17-14-36(15-19(17)12-21)25-31-10-8-23(34-25)24-30-9-7-20(33-24)4-1-16-2-6-22-18(11-16)13-32-35-22/h2-3,5-13H,14-15H2,(H,32,35). The van der Waals surface area contributed by atoms with Gasteiger partial charge in [0.1, 0.15) is 17.1 Å². The van der Waals surface area contributed by atoms with Crippen LogP contribution in [0.5, 0.6) is 5.75 Å². The van der Waals surface area contributed by atoms with Gasteiger partial charge >= 0.3 is 6.36 Å². The van der Waals surface area contributed by atoms with Gasteiger partial charge in [-0.15, -0.1) is 13.2 Å². The molecule has 0 saturated carbocycles. The van der Waals surface area contributed by atoms with E-state index in [9.17, 15) is 13.2 Å². The molecule has 1 aliphatic heterocycles. The smallest absolute Gasteiger partial charge is 0.406 e. The molecule has 11 heteroatoms. The van der Waals surface area contributed by atoms with Gasteiger partial charge in [-0.25, -0.2) is 19.9 Å². The molecule has 37 heavy (non-hydrogen) atoms. The second-order valence-electron chi connectivity index (χ2n) is 8.26. The van der Waals surface area contributed by atoms with Crippen molar-refractivity contribution in [2.24, 2.45) is 0 Å². The van der Waals surface area contributed by atoms with E-state index in [0.29, 0.717) is 36.3 Å². The van der Waals surface area contributed by atoms with Gasteiger partial charge in [0, 0.05) is 36.4 Å². The molecule has 0 bridgehead atoms. The fraction of sp³-hybridized carbons (Fsp3) is 0.115. The fourth-order valence-corrected chi connectivity index (χ4v) is 4.04. The van der Waals surface area contributed by atoms with Crippen molar-refractivity contribution in [1.82, 2.24) is 30.1 Å². The zero-order chi connectivity index (χ0) is 25.4. The van der Waals surface area contributed by atoms with Crippen molar-refractivity contribution in [3.8, 4) is 29.1 Å². The maximum Gasteiger partial charge on any atom is 0.573 e. The molecular formula is C26H16F3N7O. The maximum atomic E-state index is 12.6. The number of fused-ring (bicyclic) bond motifs is 2. The molecule has 2 aromatic carbocycles. The molecule has 182 valence electrons. The van der Waals surface area contributed by atoms with Crippen molar-refractivity contribution >= 4 is 16.9 Å². The number of hydrogen-bond acceptors (Lipinski definition) is 7. The SMILES string of the molecule is FC(F)(F)Oc1ccc2c(c1)CN(c1nccc(-c3nccc(C#Cc4ccc5[nH]ncc5c4)n3)n1)C2. The molecular weight excluding hydrogens is 483 g/mol. The molecule has 0 spiro atoms. The number of ether oxygens (including phenoxy) is 1. The van der Waals surface area contributed by atoms with Crippen LogP contribution >= 0.6 is 0 Å². The normalized spacial score (nSPS) is 12.8. The Hall–Kier alpha value is -4.98. The van der Waals surface area contributed by atoms with Gasteiger partial charge in [-0.1, -0.05) is 12.0 Å². The molecule has 0 saturated heterocycles. The Morgan fingerprint density at radius 2 is 1.76 bits per heavy atom. The van der Waals surface area contributed by atoms with E-state index in [0.717, 1.165) is 27.6 Å². The van der Waals surface area contributed by atoms with Crippen LogP contribution in [0.2, 0.25) is 0 Å². The molecule has 8 nitrogen and oxygen atoms in total. The van der Waals surface area contributed by atoms with Crippen LogP contribution in [-0.4, -0.2) is 36.5 Å². The second kappa shape index (κ2) is 8.91. The lowest BCUT2D eigenvalue weighted by molar-refractivity contribution is -0.274. The number of hydrogen-bond donors (Lipinski definition) is 1. The van der Waals surface area contributed by atoms with Crippen molar-refractivity contribution in [2.45, 2.75) is 19.5 Å². The lowest BCUT2D eigenvalue weighted by Crippen LogP contribution is -2.18. The first-order valence-corrected chi connectivity index (χ1v) is 11.1. The predicted molar refractivity (Wildman–Crippen MR) is 128 cm³/mol. The Bertz CT molecular complexity index is 1690. The summed E-state index contributed by atoms with van der Waals surface area (Å²) in [7, 11) is 0. The zero-order valence-corrected chi connectivity index (χ0v) is 19.0. The van der Waals surface area contributed by atoms with Crippen LogP contribution in [0.4, 0.5) is 19.1 Å². The molecule has 1 aliphatic rings. The molecule has 0 radical (unpaired) electrons. The summed E-state index contributed by atoms with van der Waals surface area (Å²) in [5.41, 5.74) is 4.40. The second-order valence-corrected chi connectivity index (χ2v) is 8.26. The summed E-state index contributed by atoms with van der Waals surface area (Å²) in [6.07, 6.45) is 0.211. The Morgan fingerprint density at radius 1 is 0.892 bits per heavy atom. The van der Waals surface area contributed by atoms with Gasteiger partial charge in [0.15, 0.2) is 5.82 Å². The first-order chi connectivity index (χ1) is 17.9. The van der Waals surface area contributed by atoms with Gasteiger partial charge in [0.2, 0.25) is 5.95 Å². The van der Waals surface area contributed by atoms with E-state index in [1.54, 1.807) is 36.8 Å². The van der Waals surface area contributed by atoms with E-state index in [1.165, 1.54) is 12.1 Å². The summed E-state index contributed by atoms with van der Waals surface area (Å²) in [6, 6.07) is 13.5. The highest BCUT2D eigenvalue weighted by molar-refractivity contribution is 5.79. The highest BCUT2D eigenvalue weighted by Gasteiger charge is 2.32. The molecule has 0 atom stereocenters. The molecule has 3 aromatic heterocycles. The van der Waals surface area contributed by atoms with Crippen LogP contribution in [0, 0.1) is 11.8 Å². The number of aromatic nitrogens is 6. The Kier molecular flexibility index (Phi) is 5.41. The lowest BCUT2D eigenvalue weighted by atomic mass is 10.1. The number of alkyl halides is 3. The van der Waals surface area contributed by atoms with E-state index >= 15 is 0 Å². The number of halogens is 3. The summed E-state index contributed by atoms with van der Waals surface area (Å²) in [6.45, 7) is 0.805. The molecule has 5 aromatic rings. The topological polar surface area (TPSA) is 92.7 Å². The van der Waals surface area contributed by atoms with Crippen molar-refractivity contribution in [2.75, 3.05) is 4.90 Å². The molecule has 0 aliphatic carbocycles. The maximum absolute atomic E-state index is 12.6. The van der Waals surface area contributed by atoms with Crippen LogP contribution in [0.1, 0.15) is 22.4 Å². The van der Waals surface area contributed by atoms with Gasteiger partial charge in [-0.2, -0.15) is 5.10 Å². The van der Waals surface area contributed by atoms with Gasteiger partial charge < -0.3 is 9.64 Å². The summed E-state index contributed by atoms with van der Waals surface area (Å²) >= 11 is 0. The summed E-state index contributed by atoms with van der Waals surface area (Å²) in [4.78, 5) is 19.7. The molecule has 6 rings (SSSR count). The number of H-pyrrole nitrogens is 1. The van der Waals surface area contributed by atoms with Crippen LogP contribution in [0.15, 0.2) is 67.1 Å². The first-order valence-electron chi connectivity index (χ1n) is 11.1. The highest BCUT2D eigenvalue weighted by atomic mass is 19.4. The van der Waals surface area contributed by atoms with Crippen molar-refractivity contribution < 1.29 is 17.9 Å². The van der Waals surface area contributed by atoms with Gasteiger partial charge in [-0.05, 0) is 59.5 Å². The van der Waals surface area contributed by atoms with E-state index in [4.69, 9.17) is 0 Å². The van der Waals surface area contributed by atoms with Crippen LogP contribution in [-0.2, 0) is 13.1 Å². The minimum absolute atomic E-state index is 0.251. The van der Waals surface area contributed by atoms with Gasteiger partial charge in [-0.3, -0.25) is 5.10 Å². The van der Waals surface area contributed by atoms with Gasteiger partial charge in [0.25, 0.3) is 0 Å². The van der Waals surface area contributed by atoms with Gasteiger partial charge in [0.05, 0.1) is 11.7 Å². The Balaban J connectivity index is 1.22. The minimum Gasteiger partial charge on any atom is -0.406 e. The molecule has 0 amide bonds. The highest BCUT2D eigenvalue weighted by Crippen LogP contribution is 2.31. The first kappa shape index (κ1) is 22.5. The number of nitrogens with one attached hydrogen (secondary N) is 1. The fourth-order valence-electron chi connectivity index (χ4n) is 4.04. The van der Waals surface area contributed by atoms with Crippen molar-refractivity contribution in [3.05, 3.63) is 89.5 Å². The monoisotopic (exact) mass is 499 g/mol. The largest absolute Gasteiger partial charge is 0.573 e. The number of rotatable bonds is 3. The third-order valence-electron chi connectivity index (χ3n) is 5.72. The zero-order valence-electron chi connectivity index (χ0n) is 19.0. The lowest BCUT2D eigenvalue weighted by Gasteiger charge is -2.15. The third kappa shape index (κ3) is 4.90. The molecule has 0 unspecified atom stereocenters. The average Bonchev–Trinajstić information content (AvgIpc) is 3.53. The quantitative estimate of drug-likeness (QED) is 0.362. The molecule has 0 fully saturated rings. The van der Waals surface area contributed by atoms with Crippen LogP contribution in [0.3, 0.4) is 0 Å². The number of benzene rings is 2. The minimum atomic E-state index is -4.74. The summed E-state index contributed by atoms with van der Waals surface area (Å²) < 4.78 is 41.8. The summed E-state index contributed by atoms with van der Waals surface area (Å²) in [5, 5.41) is 7.89. The van der Waals surface area contributed by atoms with E-state index in [-0.39, 0.29) is 5.75 Å². The Labute approximate surface area is 208 Å². The van der Waals surface area contributed by atoms with E-state index < -0.39 is 6.36 Å². The van der Waals surface area contributed by atoms with Crippen molar-refractivity contribution in [1.29, 1.82) is 0 Å². The van der Waals surface area contributed by atoms with E-state index in [1.807, 2.05) is 23.1 Å². The molecule has 4 heterocycles.